The predicted octanol–water partition coefficient (Wildman–Crippen LogP) is 3.74. The Morgan fingerprint density at radius 3 is 2.46 bits per heavy atom. The highest BCUT2D eigenvalue weighted by molar-refractivity contribution is 6.45. The number of aromatic nitrogens is 2. The van der Waals surface area contributed by atoms with Crippen molar-refractivity contribution in [3.05, 3.63) is 79.1 Å². The van der Waals surface area contributed by atoms with Gasteiger partial charge in [-0.25, -0.2) is 4.98 Å². The van der Waals surface area contributed by atoms with E-state index in [-0.39, 0.29) is 21.7 Å². The number of carbonyl (C=O) groups excluding carboxylic acids is 1. The highest BCUT2D eigenvalue weighted by atomic mass is 35.5. The zero-order chi connectivity index (χ0) is 25.9. The van der Waals surface area contributed by atoms with Crippen molar-refractivity contribution < 1.29 is 27.8 Å². The lowest BCUT2D eigenvalue weighted by Gasteiger charge is -2.14. The van der Waals surface area contributed by atoms with Crippen molar-refractivity contribution >= 4 is 45.6 Å². The largest absolute Gasteiger partial charge is 0.416 e. The molecule has 0 saturated carbocycles. The Hall–Kier alpha value is -4.40. The van der Waals surface area contributed by atoms with Crippen molar-refractivity contribution in [2.45, 2.75) is 12.2 Å². The van der Waals surface area contributed by atoms with Crippen LogP contribution < -0.4 is 10.7 Å². The van der Waals surface area contributed by atoms with E-state index >= 15 is 0 Å². The Morgan fingerprint density at radius 2 is 1.86 bits per heavy atom. The Kier molecular flexibility index (Phi) is 7.09. The molecule has 0 saturated heterocycles. The SMILES string of the molecule is CN/N=C(/C(=O)Nc1cc(C(F)(F)F)ccc1Cl)[C@@H](c1cnc2ccc([N+](=O)[O-])cc2n1)[N+](=O)[O-]. The third-order valence-corrected chi connectivity index (χ3v) is 4.84. The molecule has 1 aromatic heterocycles. The third kappa shape index (κ3) is 5.57. The van der Waals surface area contributed by atoms with Crippen LogP contribution in [0, 0.1) is 20.2 Å². The second-order valence-electron chi connectivity index (χ2n) is 6.78. The van der Waals surface area contributed by atoms with Gasteiger partial charge < -0.3 is 10.7 Å². The molecule has 1 amide bonds. The quantitative estimate of drug-likeness (QED) is 0.275. The Bertz CT molecular complexity index is 1370. The molecular weight excluding hydrogens is 499 g/mol. The number of hydrogen-bond donors (Lipinski definition) is 2. The molecule has 1 atom stereocenters. The van der Waals surface area contributed by atoms with E-state index in [0.717, 1.165) is 18.3 Å². The molecule has 0 radical (unpaired) electrons. The van der Waals surface area contributed by atoms with Crippen LogP contribution in [0.15, 0.2) is 47.7 Å². The highest BCUT2D eigenvalue weighted by Crippen LogP contribution is 2.34. The van der Waals surface area contributed by atoms with Gasteiger partial charge in [-0.1, -0.05) is 11.6 Å². The zero-order valence-corrected chi connectivity index (χ0v) is 18.2. The number of non-ortho nitro benzene ring substituents is 1. The van der Waals surface area contributed by atoms with Crippen LogP contribution in [-0.4, -0.2) is 38.5 Å². The molecule has 0 unspecified atom stereocenters. The van der Waals surface area contributed by atoms with Crippen molar-refractivity contribution in [2.75, 3.05) is 12.4 Å². The molecule has 3 aromatic rings. The summed E-state index contributed by atoms with van der Waals surface area (Å²) in [5, 5.41) is 28.4. The van der Waals surface area contributed by atoms with E-state index in [2.05, 4.69) is 25.8 Å². The smallest absolute Gasteiger partial charge is 0.319 e. The number of halogens is 4. The maximum atomic E-state index is 13.0. The van der Waals surface area contributed by atoms with E-state index < -0.39 is 50.6 Å². The number of nitrogens with zero attached hydrogens (tertiary/aromatic N) is 5. The van der Waals surface area contributed by atoms with Crippen molar-refractivity contribution in [2.24, 2.45) is 5.10 Å². The Labute approximate surface area is 198 Å². The monoisotopic (exact) mass is 511 g/mol. The standard InChI is InChI=1S/C19H13ClF3N7O5/c1-24-28-16(18(31)27-13-6-9(19(21,22)23)2-4-11(13)20)17(30(34)35)15-8-25-12-5-3-10(29(32)33)7-14(12)26-15/h2-8,17,24H,1H3,(H,27,31)/b28-16+/t17-/m1/s1. The maximum Gasteiger partial charge on any atom is 0.416 e. The maximum absolute atomic E-state index is 13.0. The number of benzene rings is 2. The number of nitro benzene ring substituents is 1. The normalized spacial score (nSPS) is 12.8. The van der Waals surface area contributed by atoms with Crippen LogP contribution in [0.25, 0.3) is 11.0 Å². The van der Waals surface area contributed by atoms with Gasteiger partial charge in [-0.3, -0.25) is 30.0 Å². The van der Waals surface area contributed by atoms with Crippen molar-refractivity contribution in [1.82, 2.24) is 15.4 Å². The molecule has 16 heteroatoms. The average Bonchev–Trinajstić information content (AvgIpc) is 2.78. The predicted molar refractivity (Wildman–Crippen MR) is 118 cm³/mol. The van der Waals surface area contributed by atoms with E-state index in [0.29, 0.717) is 12.1 Å². The van der Waals surface area contributed by atoms with E-state index in [9.17, 15) is 38.2 Å². The van der Waals surface area contributed by atoms with Gasteiger partial charge in [0.25, 0.3) is 11.6 Å². The first kappa shape index (κ1) is 25.2. The van der Waals surface area contributed by atoms with E-state index in [1.165, 1.54) is 19.2 Å². The Morgan fingerprint density at radius 1 is 1.14 bits per heavy atom. The van der Waals surface area contributed by atoms with Gasteiger partial charge >= 0.3 is 12.2 Å². The van der Waals surface area contributed by atoms with Crippen LogP contribution in [0.4, 0.5) is 24.5 Å². The molecule has 0 aliphatic carbocycles. The molecule has 0 bridgehead atoms. The molecule has 0 aliphatic rings. The van der Waals surface area contributed by atoms with Crippen molar-refractivity contribution in [3.63, 3.8) is 0 Å². The molecule has 0 aliphatic heterocycles. The summed E-state index contributed by atoms with van der Waals surface area (Å²) in [6, 6.07) is 3.63. The summed E-state index contributed by atoms with van der Waals surface area (Å²) in [4.78, 5) is 42.2. The first-order valence-electron chi connectivity index (χ1n) is 9.39. The average molecular weight is 512 g/mol. The number of rotatable bonds is 7. The molecule has 0 spiro atoms. The van der Waals surface area contributed by atoms with Crippen molar-refractivity contribution in [1.29, 1.82) is 0 Å². The van der Waals surface area contributed by atoms with E-state index in [1.807, 2.05) is 0 Å². The summed E-state index contributed by atoms with van der Waals surface area (Å²) < 4.78 is 39.1. The highest BCUT2D eigenvalue weighted by Gasteiger charge is 2.38. The minimum absolute atomic E-state index is 0.0614. The molecule has 0 fully saturated rings. The number of amides is 1. The van der Waals surface area contributed by atoms with Gasteiger partial charge in [-0.2, -0.15) is 18.3 Å². The van der Waals surface area contributed by atoms with Crippen LogP contribution in [0.1, 0.15) is 17.3 Å². The first-order valence-corrected chi connectivity index (χ1v) is 9.77. The lowest BCUT2D eigenvalue weighted by atomic mass is 10.1. The number of alkyl halides is 3. The number of fused-ring (bicyclic) bond motifs is 1. The van der Waals surface area contributed by atoms with Crippen LogP contribution in [0.5, 0.6) is 0 Å². The van der Waals surface area contributed by atoms with E-state index in [1.54, 1.807) is 0 Å². The summed E-state index contributed by atoms with van der Waals surface area (Å²) in [5.74, 6) is -1.25. The van der Waals surface area contributed by atoms with Crippen LogP contribution in [0.3, 0.4) is 0 Å². The number of nitrogens with one attached hydrogen (secondary N) is 2. The molecule has 12 nitrogen and oxygen atoms in total. The number of nitro groups is 2. The fourth-order valence-electron chi connectivity index (χ4n) is 2.95. The van der Waals surface area contributed by atoms with Crippen LogP contribution >= 0.6 is 11.6 Å². The molecule has 35 heavy (non-hydrogen) atoms. The summed E-state index contributed by atoms with van der Waals surface area (Å²) in [6.07, 6.45) is -3.75. The van der Waals surface area contributed by atoms with Gasteiger partial charge in [-0.15, -0.1) is 0 Å². The van der Waals surface area contributed by atoms with Gasteiger partial charge in [0.2, 0.25) is 5.71 Å². The lowest BCUT2D eigenvalue weighted by Crippen LogP contribution is -2.34. The van der Waals surface area contributed by atoms with Crippen molar-refractivity contribution in [3.8, 4) is 0 Å². The fourth-order valence-corrected chi connectivity index (χ4v) is 3.11. The molecule has 182 valence electrons. The second-order valence-corrected chi connectivity index (χ2v) is 7.19. The first-order chi connectivity index (χ1) is 16.4. The molecule has 1 heterocycles. The zero-order valence-electron chi connectivity index (χ0n) is 17.4. The summed E-state index contributed by atoms with van der Waals surface area (Å²) in [5.41, 5.74) is -0.756. The minimum atomic E-state index is -4.74. The van der Waals surface area contributed by atoms with E-state index in [4.69, 9.17) is 11.6 Å². The number of hydrogen-bond acceptors (Lipinski definition) is 9. The Balaban J connectivity index is 2.04. The molecule has 3 rings (SSSR count). The van der Waals surface area contributed by atoms with Crippen LogP contribution in [-0.2, 0) is 11.0 Å². The summed E-state index contributed by atoms with van der Waals surface area (Å²) in [7, 11) is 1.23. The number of anilines is 1. The summed E-state index contributed by atoms with van der Waals surface area (Å²) in [6.45, 7) is 0. The molecule has 2 N–H and O–H groups in total. The summed E-state index contributed by atoms with van der Waals surface area (Å²) >= 11 is 5.89. The molecule has 2 aromatic carbocycles. The number of hydrazone groups is 1. The van der Waals surface area contributed by atoms with Gasteiger partial charge in [-0.05, 0) is 24.3 Å². The number of carbonyl (C=O) groups is 1. The van der Waals surface area contributed by atoms with Gasteiger partial charge in [0.1, 0.15) is 5.69 Å². The van der Waals surface area contributed by atoms with Gasteiger partial charge in [0.05, 0.1) is 38.4 Å². The lowest BCUT2D eigenvalue weighted by molar-refractivity contribution is -0.509. The third-order valence-electron chi connectivity index (χ3n) is 4.51. The minimum Gasteiger partial charge on any atom is -0.319 e. The second kappa shape index (κ2) is 9.84. The molecular formula is C19H13ClF3N7O5. The fraction of sp³-hybridized carbons (Fsp3) is 0.158. The van der Waals surface area contributed by atoms with Gasteiger partial charge in [0, 0.05) is 24.1 Å². The van der Waals surface area contributed by atoms with Gasteiger partial charge in [0.15, 0.2) is 0 Å². The topological polar surface area (TPSA) is 166 Å². The van der Waals surface area contributed by atoms with Crippen LogP contribution in [0.2, 0.25) is 5.02 Å².